The molecule has 180 valence electrons. The quantitative estimate of drug-likeness (QED) is 0.459. The highest BCUT2D eigenvalue weighted by Gasteiger charge is 2.26. The number of benzene rings is 2. The van der Waals surface area contributed by atoms with E-state index in [1.807, 2.05) is 31.2 Å². The van der Waals surface area contributed by atoms with E-state index in [-0.39, 0.29) is 41.9 Å². The highest BCUT2D eigenvalue weighted by Crippen LogP contribution is 2.26. The van der Waals surface area contributed by atoms with Crippen molar-refractivity contribution in [3.63, 3.8) is 0 Å². The summed E-state index contributed by atoms with van der Waals surface area (Å²) in [6, 6.07) is 13.8. The van der Waals surface area contributed by atoms with Crippen molar-refractivity contribution >= 4 is 17.1 Å². The van der Waals surface area contributed by atoms with E-state index in [1.54, 1.807) is 17.0 Å². The van der Waals surface area contributed by atoms with Gasteiger partial charge in [-0.25, -0.2) is 14.1 Å². The van der Waals surface area contributed by atoms with E-state index in [0.717, 1.165) is 5.56 Å². The number of rotatable bonds is 6. The van der Waals surface area contributed by atoms with Gasteiger partial charge in [0.05, 0.1) is 6.54 Å². The van der Waals surface area contributed by atoms with E-state index in [9.17, 15) is 14.0 Å². The number of likely N-dealkylation sites (tertiary alicyclic amines) is 1. The molecule has 0 aliphatic carbocycles. The van der Waals surface area contributed by atoms with E-state index >= 15 is 0 Å². The smallest absolute Gasteiger partial charge is 0.281 e. The average Bonchev–Trinajstić information content (AvgIpc) is 3.27. The lowest BCUT2D eigenvalue weighted by Crippen LogP contribution is -2.41. The molecule has 1 N–H and O–H groups in total. The molecule has 1 aliphatic rings. The van der Waals surface area contributed by atoms with E-state index in [2.05, 4.69) is 20.3 Å². The van der Waals surface area contributed by atoms with Gasteiger partial charge in [-0.15, -0.1) is 5.10 Å². The van der Waals surface area contributed by atoms with Crippen LogP contribution in [0.2, 0.25) is 0 Å². The Kier molecular flexibility index (Phi) is 6.26. The van der Waals surface area contributed by atoms with E-state index in [4.69, 9.17) is 4.74 Å². The van der Waals surface area contributed by atoms with Crippen molar-refractivity contribution in [3.8, 4) is 5.75 Å². The Bertz CT molecular complexity index is 1410. The second-order valence-electron chi connectivity index (χ2n) is 8.76. The third-order valence-electron chi connectivity index (χ3n) is 6.23. The Balaban J connectivity index is 1.25. The minimum Gasteiger partial charge on any atom is -0.484 e. The second kappa shape index (κ2) is 9.65. The molecule has 1 saturated heterocycles. The summed E-state index contributed by atoms with van der Waals surface area (Å²) in [5.41, 5.74) is 1.97. The maximum atomic E-state index is 13.6. The number of nitrogens with one attached hydrogen (secondary N) is 1. The van der Waals surface area contributed by atoms with Crippen LogP contribution in [0.3, 0.4) is 0 Å². The Labute approximate surface area is 200 Å². The zero-order valence-corrected chi connectivity index (χ0v) is 19.3. The molecule has 2 aromatic carbocycles. The third-order valence-corrected chi connectivity index (χ3v) is 6.23. The number of aromatic nitrogens is 5. The van der Waals surface area contributed by atoms with Gasteiger partial charge in [0.1, 0.15) is 17.4 Å². The number of halogens is 1. The highest BCUT2D eigenvalue weighted by atomic mass is 19.1. The van der Waals surface area contributed by atoms with Gasteiger partial charge in [0.25, 0.3) is 11.5 Å². The number of hydrogen-bond donors (Lipinski definition) is 1. The van der Waals surface area contributed by atoms with Crippen LogP contribution in [0.1, 0.15) is 35.7 Å². The summed E-state index contributed by atoms with van der Waals surface area (Å²) in [6.45, 7) is 3.32. The van der Waals surface area contributed by atoms with Crippen molar-refractivity contribution in [2.24, 2.45) is 0 Å². The van der Waals surface area contributed by atoms with Gasteiger partial charge < -0.3 is 14.6 Å². The van der Waals surface area contributed by atoms with Crippen LogP contribution >= 0.6 is 0 Å². The number of piperidine rings is 1. The first-order chi connectivity index (χ1) is 17.0. The van der Waals surface area contributed by atoms with Crippen LogP contribution in [0.5, 0.6) is 5.75 Å². The van der Waals surface area contributed by atoms with Crippen LogP contribution in [-0.2, 0) is 11.3 Å². The summed E-state index contributed by atoms with van der Waals surface area (Å²) in [5.74, 6) is 0.791. The first-order valence-electron chi connectivity index (χ1n) is 11.5. The van der Waals surface area contributed by atoms with Crippen molar-refractivity contribution in [1.29, 1.82) is 0 Å². The van der Waals surface area contributed by atoms with Gasteiger partial charge in [-0.05, 0) is 49.6 Å². The molecule has 0 saturated carbocycles. The van der Waals surface area contributed by atoms with E-state index in [1.165, 1.54) is 16.8 Å². The molecule has 1 amide bonds. The number of aromatic amines is 1. The Morgan fingerprint density at radius 2 is 1.94 bits per heavy atom. The van der Waals surface area contributed by atoms with Crippen molar-refractivity contribution in [1.82, 2.24) is 29.9 Å². The summed E-state index contributed by atoms with van der Waals surface area (Å²) in [6.07, 6.45) is 1.33. The molecule has 3 heterocycles. The zero-order valence-electron chi connectivity index (χ0n) is 19.3. The number of fused-ring (bicyclic) bond motifs is 1. The number of H-pyrrole nitrogens is 1. The van der Waals surface area contributed by atoms with Crippen molar-refractivity contribution < 1.29 is 13.9 Å². The summed E-state index contributed by atoms with van der Waals surface area (Å²) in [7, 11) is 0. The van der Waals surface area contributed by atoms with Gasteiger partial charge in [0.15, 0.2) is 17.8 Å². The fourth-order valence-corrected chi connectivity index (χ4v) is 4.26. The van der Waals surface area contributed by atoms with Crippen LogP contribution in [0, 0.1) is 12.7 Å². The fourth-order valence-electron chi connectivity index (χ4n) is 4.26. The maximum absolute atomic E-state index is 13.6. The van der Waals surface area contributed by atoms with E-state index < -0.39 is 0 Å². The highest BCUT2D eigenvalue weighted by molar-refractivity contribution is 5.78. The Morgan fingerprint density at radius 3 is 2.69 bits per heavy atom. The molecule has 5 rings (SSSR count). The Morgan fingerprint density at radius 1 is 1.17 bits per heavy atom. The number of carbonyl (C=O) groups is 1. The molecule has 0 radical (unpaired) electrons. The number of ether oxygens (including phenoxy) is 1. The molecular weight excluding hydrogens is 451 g/mol. The number of hydrogen-bond acceptors (Lipinski definition) is 6. The molecule has 10 heteroatoms. The topological polar surface area (TPSA) is 106 Å². The number of carbonyl (C=O) groups excluding carboxylic acids is 1. The maximum Gasteiger partial charge on any atom is 0.281 e. The summed E-state index contributed by atoms with van der Waals surface area (Å²) < 4.78 is 20.7. The number of nitrogens with zero attached hydrogens (tertiary/aromatic N) is 5. The molecule has 0 unspecified atom stereocenters. The first-order valence-corrected chi connectivity index (χ1v) is 11.5. The monoisotopic (exact) mass is 476 g/mol. The van der Waals surface area contributed by atoms with Crippen LogP contribution in [0.15, 0.2) is 53.3 Å². The van der Waals surface area contributed by atoms with Gasteiger partial charge in [-0.3, -0.25) is 9.59 Å². The molecular formula is C25H25FN6O3. The van der Waals surface area contributed by atoms with Crippen molar-refractivity contribution in [2.45, 2.75) is 32.2 Å². The molecule has 1 fully saturated rings. The summed E-state index contributed by atoms with van der Waals surface area (Å²) in [4.78, 5) is 34.5. The summed E-state index contributed by atoms with van der Waals surface area (Å²) >= 11 is 0. The largest absolute Gasteiger partial charge is 0.484 e. The number of amides is 1. The lowest BCUT2D eigenvalue weighted by atomic mass is 9.96. The van der Waals surface area contributed by atoms with Crippen LogP contribution < -0.4 is 10.3 Å². The molecule has 0 atom stereocenters. The third kappa shape index (κ3) is 5.06. The normalized spacial score (nSPS) is 14.4. The van der Waals surface area contributed by atoms with E-state index in [0.29, 0.717) is 48.7 Å². The molecule has 2 aromatic heterocycles. The molecule has 9 nitrogen and oxygen atoms in total. The van der Waals surface area contributed by atoms with Gasteiger partial charge in [-0.2, -0.15) is 0 Å². The SMILES string of the molecule is Cc1ccc(OCC(=O)N2CCC(c3nc4c(nnn4Cc4cccc(F)c4)c(=O)[nH]3)CC2)cc1. The van der Waals surface area contributed by atoms with Gasteiger partial charge >= 0.3 is 0 Å². The van der Waals surface area contributed by atoms with Crippen molar-refractivity contribution in [2.75, 3.05) is 19.7 Å². The zero-order chi connectivity index (χ0) is 24.4. The standard InChI is InChI=1S/C25H25FN6O3/c1-16-5-7-20(8-6-16)35-15-21(33)31-11-9-18(10-12-31)23-27-24-22(25(34)28-23)29-30-32(24)14-17-3-2-4-19(26)13-17/h2-8,13,18H,9-12,14-15H2,1H3,(H,27,28,34). The fraction of sp³-hybridized carbons (Fsp3) is 0.320. The predicted octanol–water partition coefficient (Wildman–Crippen LogP) is 2.80. The lowest BCUT2D eigenvalue weighted by Gasteiger charge is -2.31. The minimum atomic E-state index is -0.361. The second-order valence-corrected chi connectivity index (χ2v) is 8.76. The minimum absolute atomic E-state index is 0.00770. The lowest BCUT2D eigenvalue weighted by molar-refractivity contribution is -0.134. The first kappa shape index (κ1) is 22.7. The molecule has 1 aliphatic heterocycles. The van der Waals surface area contributed by atoms with Crippen molar-refractivity contribution in [3.05, 3.63) is 81.7 Å². The average molecular weight is 477 g/mol. The molecule has 4 aromatic rings. The summed E-state index contributed by atoms with van der Waals surface area (Å²) in [5, 5.41) is 8.00. The molecule has 0 spiro atoms. The van der Waals surface area contributed by atoms with Gasteiger partial charge in [0, 0.05) is 19.0 Å². The van der Waals surface area contributed by atoms with Crippen LogP contribution in [0.4, 0.5) is 4.39 Å². The van der Waals surface area contributed by atoms with Crippen LogP contribution in [-0.4, -0.2) is 55.5 Å². The van der Waals surface area contributed by atoms with Gasteiger partial charge in [0.2, 0.25) is 0 Å². The number of aryl methyl sites for hydroxylation is 1. The molecule has 35 heavy (non-hydrogen) atoms. The molecule has 0 bridgehead atoms. The Hall–Kier alpha value is -4.08. The van der Waals surface area contributed by atoms with Crippen LogP contribution in [0.25, 0.3) is 11.2 Å². The predicted molar refractivity (Wildman–Crippen MR) is 127 cm³/mol. The van der Waals surface area contributed by atoms with Gasteiger partial charge in [-0.1, -0.05) is 35.0 Å².